The number of piperazine rings is 1. The van der Waals surface area contributed by atoms with E-state index in [1.165, 1.54) is 4.90 Å². The van der Waals surface area contributed by atoms with Gasteiger partial charge in [0.15, 0.2) is 11.6 Å². The van der Waals surface area contributed by atoms with E-state index in [0.29, 0.717) is 74.1 Å². The Kier molecular flexibility index (Phi) is 15.2. The molecule has 2 aromatic carbocycles. The molecule has 6 aromatic rings. The largest absolute Gasteiger partial charge is 0.507 e. The van der Waals surface area contributed by atoms with Crippen LogP contribution in [0, 0.1) is 12.8 Å². The number of rotatable bonds is 18. The number of aryl methyl sites for hydroxylation is 1. The van der Waals surface area contributed by atoms with Crippen molar-refractivity contribution in [2.24, 2.45) is 5.92 Å². The van der Waals surface area contributed by atoms with Gasteiger partial charge >= 0.3 is 0 Å². The number of benzene rings is 2. The molecular weight excluding hydrogens is 997 g/mol. The van der Waals surface area contributed by atoms with Crippen molar-refractivity contribution in [2.75, 3.05) is 81.2 Å². The summed E-state index contributed by atoms with van der Waals surface area (Å²) in [5.41, 5.74) is 11.0. The summed E-state index contributed by atoms with van der Waals surface area (Å²) in [5, 5.41) is 37.0. The van der Waals surface area contributed by atoms with Gasteiger partial charge in [0, 0.05) is 113 Å². The molecule has 21 nitrogen and oxygen atoms in total. The van der Waals surface area contributed by atoms with Gasteiger partial charge in [-0.3, -0.25) is 14.5 Å². The standard InChI is InChI=1S/C57H70N12O9/c1-35(2)53(56(73)68-31-41(70)26-48(68)55(72)61-36(3)38-9-11-39(12-10-38)67-20-17-59-37(67)4)50-30-52(64-78-50)75-24-23-65-18-14-42(15-19-65)76-43-27-44(28-43)77-51-25-40(13-16-60-51)69-22-21-66(32-57(69)33-74-34-57)47-29-46(62-63-54(47)58)45-7-5-6-8-49(45)71/h5-13,16-17,20,25,29-30,35-36,41-44,48,53,70-71H,14-15,18-19,21-24,26-28,31-34H2,1-4H3,(H2,58,63)(H,61,72)/t36-,41+,43?,44?,48-,53-/m0/s1. The van der Waals surface area contributed by atoms with Gasteiger partial charge in [-0.15, -0.1) is 10.2 Å². The number of hydrogen-bond acceptors (Lipinski definition) is 18. The van der Waals surface area contributed by atoms with Crippen LogP contribution in [0.4, 0.5) is 17.2 Å². The van der Waals surface area contributed by atoms with Crippen LogP contribution in [0.2, 0.25) is 0 Å². The minimum absolute atomic E-state index is 0.0266. The van der Waals surface area contributed by atoms with Gasteiger partial charge in [-0.1, -0.05) is 38.1 Å². The van der Waals surface area contributed by atoms with E-state index in [0.717, 1.165) is 73.8 Å². The zero-order valence-corrected chi connectivity index (χ0v) is 44.7. The van der Waals surface area contributed by atoms with Crippen molar-refractivity contribution in [1.82, 2.24) is 45.0 Å². The van der Waals surface area contributed by atoms with Gasteiger partial charge in [-0.25, -0.2) is 9.97 Å². The molecule has 5 N–H and O–H groups in total. The zero-order valence-electron chi connectivity index (χ0n) is 44.7. The van der Waals surface area contributed by atoms with E-state index in [1.54, 1.807) is 24.4 Å². The summed E-state index contributed by atoms with van der Waals surface area (Å²) in [7, 11) is 0. The molecule has 412 valence electrons. The number of nitrogens with two attached hydrogens (primary N) is 1. The molecule has 4 aliphatic heterocycles. The first-order valence-electron chi connectivity index (χ1n) is 27.3. The van der Waals surface area contributed by atoms with Gasteiger partial charge in [-0.2, -0.15) is 0 Å². The number of carbonyl (C=O) groups excluding carboxylic acids is 2. The fraction of sp³-hybridized carbons (Fsp3) is 0.491. The van der Waals surface area contributed by atoms with E-state index in [-0.39, 0.29) is 66.3 Å². The maximum Gasteiger partial charge on any atom is 0.254 e. The minimum Gasteiger partial charge on any atom is -0.507 e. The number of likely N-dealkylation sites (tertiary alicyclic amines) is 2. The third kappa shape index (κ3) is 11.2. The molecule has 5 aliphatic rings. The number of piperidine rings is 1. The van der Waals surface area contributed by atoms with Gasteiger partial charge in [0.05, 0.1) is 48.9 Å². The summed E-state index contributed by atoms with van der Waals surface area (Å²) in [6, 6.07) is 21.4. The van der Waals surface area contributed by atoms with Gasteiger partial charge in [0.2, 0.25) is 17.7 Å². The number of anilines is 3. The summed E-state index contributed by atoms with van der Waals surface area (Å²) in [5.74, 6) is 1.07. The quantitative estimate of drug-likeness (QED) is 0.0836. The molecule has 1 saturated carbocycles. The predicted octanol–water partition coefficient (Wildman–Crippen LogP) is 5.45. The van der Waals surface area contributed by atoms with E-state index in [4.69, 9.17) is 29.2 Å². The second kappa shape index (κ2) is 22.6. The van der Waals surface area contributed by atoms with E-state index >= 15 is 0 Å². The number of phenols is 1. The van der Waals surface area contributed by atoms with Gasteiger partial charge in [-0.05, 0) is 79.7 Å². The molecule has 2 amide bonds. The number of imidazole rings is 1. The Morgan fingerprint density at radius 3 is 2.41 bits per heavy atom. The van der Waals surface area contributed by atoms with Crippen molar-refractivity contribution in [3.63, 3.8) is 0 Å². The molecular formula is C57H70N12O9. The monoisotopic (exact) mass is 1070 g/mol. The van der Waals surface area contributed by atoms with Crippen LogP contribution in [-0.4, -0.2) is 163 Å². The number of aliphatic hydroxyl groups is 1. The number of β-amino-alcohol motifs (C(OH)–C–C–N with tert-alkyl or cyclic N) is 1. The topological polar surface area (TPSA) is 245 Å². The Balaban J connectivity index is 0.605. The maximum atomic E-state index is 14.3. The zero-order chi connectivity index (χ0) is 54.1. The molecule has 21 heteroatoms. The summed E-state index contributed by atoms with van der Waals surface area (Å²) in [6.45, 7) is 13.8. The number of nitrogens with one attached hydrogen (secondary N) is 1. The van der Waals surface area contributed by atoms with Crippen molar-refractivity contribution < 1.29 is 43.3 Å². The Labute approximate surface area is 453 Å². The Hall–Kier alpha value is -7.33. The Bertz CT molecular complexity index is 3040. The average molecular weight is 1070 g/mol. The molecule has 1 aliphatic carbocycles. The molecule has 0 bridgehead atoms. The molecule has 4 saturated heterocycles. The number of pyridine rings is 1. The highest BCUT2D eigenvalue weighted by molar-refractivity contribution is 5.91. The number of aromatic hydroxyl groups is 1. The number of ether oxygens (including phenoxy) is 4. The Morgan fingerprint density at radius 2 is 1.68 bits per heavy atom. The highest BCUT2D eigenvalue weighted by Crippen LogP contribution is 2.40. The molecule has 0 radical (unpaired) electrons. The lowest BCUT2D eigenvalue weighted by Crippen LogP contribution is -2.72. The third-order valence-corrected chi connectivity index (χ3v) is 16.1. The number of nitrogen functional groups attached to an aromatic ring is 1. The summed E-state index contributed by atoms with van der Waals surface area (Å²) < 4.78 is 32.6. The predicted molar refractivity (Wildman–Crippen MR) is 289 cm³/mol. The van der Waals surface area contributed by atoms with E-state index in [9.17, 15) is 19.8 Å². The van der Waals surface area contributed by atoms with E-state index < -0.39 is 18.1 Å². The smallest absolute Gasteiger partial charge is 0.254 e. The van der Waals surface area contributed by atoms with Crippen LogP contribution >= 0.6 is 0 Å². The molecule has 4 aromatic heterocycles. The fourth-order valence-electron chi connectivity index (χ4n) is 11.7. The molecule has 4 atom stereocenters. The number of aromatic nitrogens is 6. The van der Waals surface area contributed by atoms with Crippen LogP contribution in [0.3, 0.4) is 0 Å². The van der Waals surface area contributed by atoms with Crippen LogP contribution in [0.1, 0.15) is 82.0 Å². The van der Waals surface area contributed by atoms with Crippen LogP contribution in [0.25, 0.3) is 16.9 Å². The number of nitrogens with zero attached hydrogens (tertiary/aromatic N) is 10. The highest BCUT2D eigenvalue weighted by Gasteiger charge is 2.49. The summed E-state index contributed by atoms with van der Waals surface area (Å²) in [4.78, 5) is 45.4. The highest BCUT2D eigenvalue weighted by atomic mass is 16.5. The van der Waals surface area contributed by atoms with Crippen LogP contribution < -0.4 is 30.3 Å². The lowest BCUT2D eigenvalue weighted by Gasteiger charge is -2.56. The van der Waals surface area contributed by atoms with E-state index in [2.05, 4.69) is 45.3 Å². The summed E-state index contributed by atoms with van der Waals surface area (Å²) >= 11 is 0. The second-order valence-electron chi connectivity index (χ2n) is 21.9. The number of para-hydroxylation sites is 1. The lowest BCUT2D eigenvalue weighted by atomic mass is 9.90. The molecule has 1 spiro atoms. The molecule has 8 heterocycles. The number of carbonyl (C=O) groups is 2. The minimum atomic E-state index is -0.839. The molecule has 78 heavy (non-hydrogen) atoms. The van der Waals surface area contributed by atoms with Gasteiger partial charge < -0.3 is 64.0 Å². The summed E-state index contributed by atoms with van der Waals surface area (Å²) in [6.07, 6.45) is 8.56. The lowest BCUT2D eigenvalue weighted by molar-refractivity contribution is -0.141. The molecule has 0 unspecified atom stereocenters. The maximum absolute atomic E-state index is 14.3. The Morgan fingerprint density at radius 1 is 0.885 bits per heavy atom. The van der Waals surface area contributed by atoms with Crippen molar-refractivity contribution in [1.29, 1.82) is 0 Å². The van der Waals surface area contributed by atoms with Crippen molar-refractivity contribution in [3.05, 3.63) is 109 Å². The SMILES string of the molecule is Cc1nccn1-c1ccc([C@H](C)NC(=O)[C@@H]2C[C@@H](O)CN2C(=O)[C@H](c2cc(OCCN3CCC(OC4CC(Oc5cc(N6CCN(c7cc(-c8ccccc8O)nnc7N)CC67COC7)ccn5)C4)CC3)no2)C(C)C)cc1. The normalized spacial score (nSPS) is 22.3. The first-order chi connectivity index (χ1) is 37.8. The van der Waals surface area contributed by atoms with E-state index in [1.807, 2.05) is 99.3 Å². The molecule has 5 fully saturated rings. The van der Waals surface area contributed by atoms with Gasteiger partial charge in [0.25, 0.3) is 5.88 Å². The van der Waals surface area contributed by atoms with Crippen LogP contribution in [0.15, 0.2) is 95.9 Å². The number of hydrogen-bond donors (Lipinski definition) is 4. The first kappa shape index (κ1) is 52.7. The number of aliphatic hydroxyl groups excluding tert-OH is 1. The fourth-order valence-corrected chi connectivity index (χ4v) is 11.7. The number of phenolic OH excluding ortho intramolecular Hbond substituents is 1. The first-order valence-corrected chi connectivity index (χ1v) is 27.3. The van der Waals surface area contributed by atoms with Crippen molar-refractivity contribution in [3.8, 4) is 34.5 Å². The van der Waals surface area contributed by atoms with Crippen LogP contribution in [0.5, 0.6) is 17.5 Å². The number of amides is 2. The van der Waals surface area contributed by atoms with Gasteiger partial charge in [0.1, 0.15) is 41.8 Å². The second-order valence-corrected chi connectivity index (χ2v) is 21.9. The van der Waals surface area contributed by atoms with Crippen molar-refractivity contribution in [2.45, 2.75) is 108 Å². The van der Waals surface area contributed by atoms with Crippen LogP contribution in [-0.2, 0) is 19.1 Å². The average Bonchev–Trinajstić information content (AvgIpc) is 4.31. The third-order valence-electron chi connectivity index (χ3n) is 16.1. The molecule has 11 rings (SSSR count). The van der Waals surface area contributed by atoms with Crippen molar-refractivity contribution >= 4 is 29.0 Å².